The summed E-state index contributed by atoms with van der Waals surface area (Å²) in [5, 5.41) is 10.4. The van der Waals surface area contributed by atoms with Crippen LogP contribution < -0.4 is 30.9 Å². The topological polar surface area (TPSA) is 158 Å². The maximum Gasteiger partial charge on any atom is 0.234 e. The molecule has 3 saturated heterocycles. The third kappa shape index (κ3) is 10.3. The van der Waals surface area contributed by atoms with Crippen LogP contribution in [0.4, 0.5) is 37.6 Å². The van der Waals surface area contributed by atoms with E-state index < -0.39 is 36.5 Å². The van der Waals surface area contributed by atoms with E-state index in [4.69, 9.17) is 9.72 Å². The summed E-state index contributed by atoms with van der Waals surface area (Å²) in [7, 11) is -1.12. The Morgan fingerprint density at radius 3 is 2.29 bits per heavy atom. The predicted molar refractivity (Wildman–Crippen MR) is 255 cm³/mol. The number of carbonyl (C=O) groups is 2. The second kappa shape index (κ2) is 19.8. The van der Waals surface area contributed by atoms with E-state index in [-0.39, 0.29) is 18.4 Å². The van der Waals surface area contributed by atoms with Crippen LogP contribution in [-0.2, 0) is 33.4 Å². The smallest absolute Gasteiger partial charge is 0.234 e. The maximum absolute atomic E-state index is 15.1. The molecule has 5 aromatic rings. The highest BCUT2D eigenvalue weighted by atomic mass is 79.9. The molecule has 0 saturated carbocycles. The number of amides is 2. The normalized spacial score (nSPS) is 18.0. The number of hydrogen-bond acceptors (Lipinski definition) is 13. The van der Waals surface area contributed by atoms with Gasteiger partial charge in [-0.15, -0.1) is 0 Å². The predicted octanol–water partition coefficient (Wildman–Crippen LogP) is 7.68. The van der Waals surface area contributed by atoms with E-state index in [2.05, 4.69) is 80.6 Å². The molecule has 344 valence electrons. The summed E-state index contributed by atoms with van der Waals surface area (Å²) in [6, 6.07) is 11.2. The molecular weight excluding hydrogens is 917 g/mol. The Kier molecular flexibility index (Phi) is 14.1. The molecule has 0 unspecified atom stereocenters. The molecule has 0 bridgehead atoms. The van der Waals surface area contributed by atoms with Gasteiger partial charge in [0.05, 0.1) is 34.4 Å². The van der Waals surface area contributed by atoms with Gasteiger partial charge in [-0.2, -0.15) is 4.98 Å². The van der Waals surface area contributed by atoms with Gasteiger partial charge in [0.25, 0.3) is 0 Å². The van der Waals surface area contributed by atoms with Crippen molar-refractivity contribution in [3.8, 4) is 5.75 Å². The van der Waals surface area contributed by atoms with Gasteiger partial charge in [-0.05, 0) is 103 Å². The zero-order chi connectivity index (χ0) is 46.0. The summed E-state index contributed by atoms with van der Waals surface area (Å²) >= 11 is 3.61. The van der Waals surface area contributed by atoms with E-state index in [0.717, 1.165) is 86.6 Å². The molecule has 65 heavy (non-hydrogen) atoms. The van der Waals surface area contributed by atoms with Crippen LogP contribution in [0.15, 0.2) is 53.3 Å². The number of carbonyl (C=O) groups excluding carboxylic acids is 2. The van der Waals surface area contributed by atoms with Crippen LogP contribution in [0.25, 0.3) is 10.9 Å². The van der Waals surface area contributed by atoms with Crippen molar-refractivity contribution in [3.63, 3.8) is 0 Å². The Bertz CT molecular complexity index is 2630. The van der Waals surface area contributed by atoms with Crippen molar-refractivity contribution in [2.24, 2.45) is 0 Å². The molecule has 0 radical (unpaired) electrons. The summed E-state index contributed by atoms with van der Waals surface area (Å²) in [5.74, 6) is -1.26. The van der Waals surface area contributed by atoms with Crippen molar-refractivity contribution in [1.82, 2.24) is 35.1 Å². The highest BCUT2D eigenvalue weighted by Crippen LogP contribution is 2.42. The number of ether oxygens (including phenoxy) is 1. The Balaban J connectivity index is 0.874. The van der Waals surface area contributed by atoms with Gasteiger partial charge in [-0.25, -0.2) is 23.7 Å². The molecule has 3 fully saturated rings. The van der Waals surface area contributed by atoms with Gasteiger partial charge in [0.2, 0.25) is 17.8 Å². The van der Waals surface area contributed by atoms with Crippen LogP contribution >= 0.6 is 23.1 Å². The molecule has 2 aromatic heterocycles. The minimum Gasteiger partial charge on any atom is -0.494 e. The lowest BCUT2D eigenvalue weighted by molar-refractivity contribution is -0.134. The first kappa shape index (κ1) is 46.4. The van der Waals surface area contributed by atoms with E-state index >= 15 is 8.78 Å². The number of methoxy groups -OCH3 is 1. The largest absolute Gasteiger partial charge is 0.494 e. The van der Waals surface area contributed by atoms with E-state index in [1.54, 1.807) is 32.8 Å². The number of piperazine rings is 1. The molecular formula is C47H56BrF2N10O4P. The molecule has 3 aromatic carbocycles. The lowest BCUT2D eigenvalue weighted by Crippen LogP contribution is -2.53. The number of anilines is 5. The molecule has 0 aliphatic carbocycles. The third-order valence-corrected chi connectivity index (χ3v) is 15.0. The molecule has 3 aliphatic heterocycles. The Morgan fingerprint density at radius 2 is 1.63 bits per heavy atom. The zero-order valence-electron chi connectivity index (χ0n) is 37.5. The zero-order valence-corrected chi connectivity index (χ0v) is 40.0. The van der Waals surface area contributed by atoms with Crippen molar-refractivity contribution >= 4 is 79.9 Å². The van der Waals surface area contributed by atoms with Gasteiger partial charge >= 0.3 is 0 Å². The number of halogens is 3. The summed E-state index contributed by atoms with van der Waals surface area (Å²) in [6.07, 6.45) is 7.68. The second-order valence-electron chi connectivity index (χ2n) is 17.4. The van der Waals surface area contributed by atoms with E-state index in [1.807, 2.05) is 19.1 Å². The Morgan fingerprint density at radius 1 is 0.892 bits per heavy atom. The molecule has 0 spiro atoms. The summed E-state index contributed by atoms with van der Waals surface area (Å²) in [6.45, 7) is 13.8. The van der Waals surface area contributed by atoms with E-state index in [0.29, 0.717) is 64.0 Å². The summed E-state index contributed by atoms with van der Waals surface area (Å²) in [4.78, 5) is 49.7. The Hall–Kier alpha value is -5.09. The molecule has 8 rings (SSSR count). The van der Waals surface area contributed by atoms with Crippen LogP contribution in [0, 0.1) is 11.6 Å². The summed E-state index contributed by atoms with van der Waals surface area (Å²) in [5.41, 5.74) is 4.78. The fourth-order valence-electron chi connectivity index (χ4n) is 9.40. The van der Waals surface area contributed by atoms with Crippen LogP contribution in [-0.4, -0.2) is 114 Å². The van der Waals surface area contributed by atoms with Crippen molar-refractivity contribution in [1.29, 1.82) is 0 Å². The molecule has 3 N–H and O–H groups in total. The van der Waals surface area contributed by atoms with Gasteiger partial charge in [0.15, 0.2) is 0 Å². The van der Waals surface area contributed by atoms with Crippen molar-refractivity contribution in [3.05, 3.63) is 87.4 Å². The SMILES string of the molecule is CCc1ncc2c(P(C)(C)=O)c(Nc3nc(Nc4cc(CC)c(N5CCC(N6CCN(CCc7cc(F)c([C@H]8CCC(=O)NC8=O)c(F)c7)CC6)CC5)cc4OC)ncc3Br)ccc2n1. The lowest BCUT2D eigenvalue weighted by Gasteiger charge is -2.43. The highest BCUT2D eigenvalue weighted by molar-refractivity contribution is 9.10. The quantitative estimate of drug-likeness (QED) is 0.0736. The average molecular weight is 974 g/mol. The number of benzene rings is 3. The average Bonchev–Trinajstić information content (AvgIpc) is 3.29. The van der Waals surface area contributed by atoms with Gasteiger partial charge in [0, 0.05) is 105 Å². The van der Waals surface area contributed by atoms with E-state index in [1.165, 1.54) is 17.7 Å². The first-order chi connectivity index (χ1) is 31.2. The first-order valence-corrected chi connectivity index (χ1v) is 25.8. The number of nitrogens with one attached hydrogen (secondary N) is 3. The number of aromatic nitrogens is 4. The van der Waals surface area contributed by atoms with Gasteiger partial charge in [-0.1, -0.05) is 13.8 Å². The van der Waals surface area contributed by atoms with Crippen LogP contribution in [0.1, 0.15) is 68.0 Å². The fraction of sp³-hybridized carbons (Fsp3) is 0.447. The van der Waals surface area contributed by atoms with Crippen molar-refractivity contribution < 1.29 is 27.7 Å². The van der Waals surface area contributed by atoms with Crippen LogP contribution in [0.3, 0.4) is 0 Å². The number of imide groups is 1. The number of aryl methyl sites for hydroxylation is 2. The molecule has 14 nitrogen and oxygen atoms in total. The van der Waals surface area contributed by atoms with Gasteiger partial charge < -0.3 is 29.7 Å². The second-order valence-corrected chi connectivity index (χ2v) is 21.4. The lowest BCUT2D eigenvalue weighted by atomic mass is 9.89. The van der Waals surface area contributed by atoms with Gasteiger partial charge in [0.1, 0.15) is 36.2 Å². The Labute approximate surface area is 386 Å². The van der Waals surface area contributed by atoms with E-state index in [9.17, 15) is 14.2 Å². The summed E-state index contributed by atoms with van der Waals surface area (Å²) < 4.78 is 50.5. The molecule has 1 atom stereocenters. The van der Waals surface area contributed by atoms with Gasteiger partial charge in [-0.3, -0.25) is 19.8 Å². The minimum absolute atomic E-state index is 0.0634. The number of hydrogen-bond donors (Lipinski definition) is 3. The minimum atomic E-state index is -2.79. The number of rotatable bonds is 14. The number of piperidine rings is 2. The molecule has 18 heteroatoms. The molecule has 2 amide bonds. The standard InChI is InChI=1S/C47H56BrF2N10O4P/c1-6-29-24-38(55-47-52-27-33(48)45(57-47)54-37-10-9-36-32(44(37)65(4,5)63)26-51-41(7-2)53-36)40(64-3)25-39(29)60-16-13-30(14-17-60)59-20-18-58(19-21-59)15-12-28-22-34(49)43(35(50)23-28)31-8-11-42(61)56-46(31)62/h9-10,22-27,30-31H,6-8,11-21H2,1-5H3,(H,56,61,62)(H2,52,54,55,57)/t31-/m1/s1. The monoisotopic (exact) mass is 972 g/mol. The van der Waals surface area contributed by atoms with Crippen molar-refractivity contribution in [2.75, 3.05) is 81.8 Å². The fourth-order valence-corrected chi connectivity index (χ4v) is 11.1. The maximum atomic E-state index is 15.1. The highest BCUT2D eigenvalue weighted by Gasteiger charge is 2.33. The molecule has 5 heterocycles. The number of nitrogens with zero attached hydrogens (tertiary/aromatic N) is 7. The first-order valence-electron chi connectivity index (χ1n) is 22.4. The number of fused-ring (bicyclic) bond motifs is 1. The van der Waals surface area contributed by atoms with Crippen molar-refractivity contribution in [2.45, 2.75) is 70.8 Å². The van der Waals surface area contributed by atoms with Crippen LogP contribution in [0.5, 0.6) is 5.75 Å². The molecule has 3 aliphatic rings. The third-order valence-electron chi connectivity index (χ3n) is 12.8. The van der Waals surface area contributed by atoms with Crippen LogP contribution in [0.2, 0.25) is 0 Å².